The molecular weight excluding hydrogens is 413 g/mol. The Labute approximate surface area is 180 Å². The molecule has 4 rings (SSSR count). The number of benzene rings is 1. The summed E-state index contributed by atoms with van der Waals surface area (Å²) in [4.78, 5) is 40.9. The fraction of sp³-hybridized carbons (Fsp3) is 0.591. The van der Waals surface area contributed by atoms with E-state index < -0.39 is 11.7 Å². The van der Waals surface area contributed by atoms with Gasteiger partial charge in [0.2, 0.25) is 0 Å². The van der Waals surface area contributed by atoms with Crippen molar-refractivity contribution in [3.05, 3.63) is 33.3 Å². The maximum Gasteiger partial charge on any atom is 0.182 e. The SMILES string of the molecule is CC1CN(Cc2c(Cl)ccc(C(=O)C3C(=O)C4CCC(C4)C3=O)c2Cl)CC(C)O1. The second kappa shape index (κ2) is 8.10. The van der Waals surface area contributed by atoms with Crippen LogP contribution in [-0.2, 0) is 20.9 Å². The van der Waals surface area contributed by atoms with Gasteiger partial charge in [-0.15, -0.1) is 0 Å². The average Bonchev–Trinajstić information content (AvgIpc) is 3.10. The number of rotatable bonds is 4. The van der Waals surface area contributed by atoms with E-state index in [1.807, 2.05) is 13.8 Å². The summed E-state index contributed by atoms with van der Waals surface area (Å²) < 4.78 is 5.77. The minimum absolute atomic E-state index is 0.0917. The van der Waals surface area contributed by atoms with Crippen LogP contribution in [0.5, 0.6) is 0 Å². The van der Waals surface area contributed by atoms with Crippen LogP contribution in [0.25, 0.3) is 0 Å². The van der Waals surface area contributed by atoms with Gasteiger partial charge in [-0.25, -0.2) is 0 Å². The predicted molar refractivity (Wildman–Crippen MR) is 110 cm³/mol. The first-order valence-electron chi connectivity index (χ1n) is 10.2. The zero-order chi connectivity index (χ0) is 20.9. The number of hydrogen-bond donors (Lipinski definition) is 0. The first-order chi connectivity index (χ1) is 13.8. The van der Waals surface area contributed by atoms with Crippen molar-refractivity contribution in [2.45, 2.75) is 51.9 Å². The maximum atomic E-state index is 13.2. The topological polar surface area (TPSA) is 63.7 Å². The van der Waals surface area contributed by atoms with Crippen LogP contribution in [0.2, 0.25) is 10.0 Å². The molecule has 0 amide bonds. The third-order valence-electron chi connectivity index (χ3n) is 6.40. The minimum atomic E-state index is -1.21. The number of ether oxygens (including phenoxy) is 1. The molecule has 0 spiro atoms. The Morgan fingerprint density at radius 1 is 1.07 bits per heavy atom. The smallest absolute Gasteiger partial charge is 0.182 e. The van der Waals surface area contributed by atoms with Crippen molar-refractivity contribution < 1.29 is 19.1 Å². The second-order valence-corrected chi connectivity index (χ2v) is 9.43. The molecule has 2 aliphatic carbocycles. The maximum absolute atomic E-state index is 13.2. The van der Waals surface area contributed by atoms with Crippen molar-refractivity contribution in [3.8, 4) is 0 Å². The number of Topliss-reactive ketones (excluding diaryl/α,β-unsaturated/α-hetero) is 3. The van der Waals surface area contributed by atoms with E-state index in [0.29, 0.717) is 36.4 Å². The zero-order valence-corrected chi connectivity index (χ0v) is 18.1. The molecule has 2 saturated carbocycles. The van der Waals surface area contributed by atoms with Gasteiger partial charge in [0.25, 0.3) is 0 Å². The molecule has 0 N–H and O–H groups in total. The Morgan fingerprint density at radius 3 is 2.24 bits per heavy atom. The first kappa shape index (κ1) is 21.0. The molecule has 3 aliphatic rings. The zero-order valence-electron chi connectivity index (χ0n) is 16.6. The standard InChI is InChI=1S/C22H25Cl2NO4/c1-11-8-25(9-12(2)29-11)10-16-17(23)6-5-15(19(16)24)22(28)18-20(26)13-3-4-14(7-13)21(18)27/h5-6,11-14,18H,3-4,7-10H2,1-2H3. The fourth-order valence-electron chi connectivity index (χ4n) is 5.09. The van der Waals surface area contributed by atoms with Crippen LogP contribution in [0.4, 0.5) is 0 Å². The minimum Gasteiger partial charge on any atom is -0.373 e. The highest BCUT2D eigenvalue weighted by molar-refractivity contribution is 6.39. The summed E-state index contributed by atoms with van der Waals surface area (Å²) in [5.74, 6) is -2.52. The van der Waals surface area contributed by atoms with Crippen LogP contribution >= 0.6 is 23.2 Å². The third kappa shape index (κ3) is 3.90. The van der Waals surface area contributed by atoms with Gasteiger partial charge in [0.05, 0.1) is 17.2 Å². The molecular formula is C22H25Cl2NO4. The van der Waals surface area contributed by atoms with Gasteiger partial charge in [0.15, 0.2) is 17.3 Å². The number of hydrogen-bond acceptors (Lipinski definition) is 5. The van der Waals surface area contributed by atoms with Gasteiger partial charge < -0.3 is 4.74 Å². The van der Waals surface area contributed by atoms with Crippen LogP contribution in [-0.4, -0.2) is 47.5 Å². The average molecular weight is 438 g/mol. The van der Waals surface area contributed by atoms with Crippen molar-refractivity contribution in [1.82, 2.24) is 4.90 Å². The van der Waals surface area contributed by atoms with E-state index in [1.54, 1.807) is 6.07 Å². The Kier molecular flexibility index (Phi) is 5.86. The quantitative estimate of drug-likeness (QED) is 0.526. The molecule has 1 aromatic rings. The molecule has 5 nitrogen and oxygen atoms in total. The van der Waals surface area contributed by atoms with Gasteiger partial charge in [-0.2, -0.15) is 0 Å². The number of morpholine rings is 1. The molecule has 4 unspecified atom stereocenters. The lowest BCUT2D eigenvalue weighted by Crippen LogP contribution is -2.45. The van der Waals surface area contributed by atoms with E-state index in [9.17, 15) is 14.4 Å². The van der Waals surface area contributed by atoms with E-state index >= 15 is 0 Å². The van der Waals surface area contributed by atoms with Crippen LogP contribution in [0.15, 0.2) is 12.1 Å². The molecule has 4 atom stereocenters. The Bertz CT molecular complexity index is 839. The predicted octanol–water partition coefficient (Wildman–Crippen LogP) is 3.97. The van der Waals surface area contributed by atoms with Crippen LogP contribution in [0.1, 0.15) is 49.0 Å². The summed E-state index contributed by atoms with van der Waals surface area (Å²) in [6.45, 7) is 5.98. The van der Waals surface area contributed by atoms with E-state index in [1.165, 1.54) is 6.07 Å². The van der Waals surface area contributed by atoms with Gasteiger partial charge in [0.1, 0.15) is 5.92 Å². The summed E-state index contributed by atoms with van der Waals surface area (Å²) >= 11 is 13.0. The molecule has 7 heteroatoms. The molecule has 29 heavy (non-hydrogen) atoms. The summed E-state index contributed by atoms with van der Waals surface area (Å²) in [7, 11) is 0. The monoisotopic (exact) mass is 437 g/mol. The van der Waals surface area contributed by atoms with Gasteiger partial charge in [-0.3, -0.25) is 19.3 Å². The summed E-state index contributed by atoms with van der Waals surface area (Å²) in [6.07, 6.45) is 2.18. The Morgan fingerprint density at radius 2 is 1.66 bits per heavy atom. The molecule has 0 radical (unpaired) electrons. The lowest BCUT2D eigenvalue weighted by molar-refractivity contribution is -0.137. The van der Waals surface area contributed by atoms with E-state index in [2.05, 4.69) is 4.90 Å². The highest BCUT2D eigenvalue weighted by Crippen LogP contribution is 2.42. The summed E-state index contributed by atoms with van der Waals surface area (Å²) in [6, 6.07) is 3.17. The number of halogens is 2. The highest BCUT2D eigenvalue weighted by atomic mass is 35.5. The van der Waals surface area contributed by atoms with Gasteiger partial charge in [0, 0.05) is 47.6 Å². The normalized spacial score (nSPS) is 32.6. The number of carbonyl (C=O) groups is 3. The summed E-state index contributed by atoms with van der Waals surface area (Å²) in [5, 5.41) is 0.715. The first-order valence-corrected chi connectivity index (χ1v) is 11.0. The van der Waals surface area contributed by atoms with Crippen molar-refractivity contribution in [2.24, 2.45) is 17.8 Å². The number of carbonyl (C=O) groups excluding carboxylic acids is 3. The van der Waals surface area contributed by atoms with Gasteiger partial charge >= 0.3 is 0 Å². The van der Waals surface area contributed by atoms with Crippen LogP contribution < -0.4 is 0 Å². The van der Waals surface area contributed by atoms with Crippen LogP contribution in [0.3, 0.4) is 0 Å². The van der Waals surface area contributed by atoms with Gasteiger partial charge in [-0.05, 0) is 45.2 Å². The van der Waals surface area contributed by atoms with E-state index in [4.69, 9.17) is 27.9 Å². The molecule has 3 fully saturated rings. The second-order valence-electron chi connectivity index (χ2n) is 8.65. The van der Waals surface area contributed by atoms with Crippen LogP contribution in [0, 0.1) is 17.8 Å². The van der Waals surface area contributed by atoms with Crippen molar-refractivity contribution in [1.29, 1.82) is 0 Å². The van der Waals surface area contributed by atoms with E-state index in [0.717, 1.165) is 13.1 Å². The highest BCUT2D eigenvalue weighted by Gasteiger charge is 2.50. The largest absolute Gasteiger partial charge is 0.373 e. The molecule has 1 saturated heterocycles. The van der Waals surface area contributed by atoms with Crippen molar-refractivity contribution >= 4 is 40.6 Å². The third-order valence-corrected chi connectivity index (χ3v) is 7.18. The van der Waals surface area contributed by atoms with Crippen molar-refractivity contribution in [3.63, 3.8) is 0 Å². The Balaban J connectivity index is 1.62. The Hall–Kier alpha value is -1.27. The van der Waals surface area contributed by atoms with E-state index in [-0.39, 0.29) is 46.2 Å². The molecule has 1 aliphatic heterocycles. The molecule has 0 aromatic heterocycles. The number of fused-ring (bicyclic) bond motifs is 2. The van der Waals surface area contributed by atoms with Gasteiger partial charge in [-0.1, -0.05) is 23.2 Å². The lowest BCUT2D eigenvalue weighted by atomic mass is 9.75. The number of nitrogens with zero attached hydrogens (tertiary/aromatic N) is 1. The number of ketones is 3. The molecule has 2 bridgehead atoms. The lowest BCUT2D eigenvalue weighted by Gasteiger charge is -2.35. The fourth-order valence-corrected chi connectivity index (χ4v) is 5.68. The summed E-state index contributed by atoms with van der Waals surface area (Å²) in [5.41, 5.74) is 0.868. The molecule has 156 valence electrons. The van der Waals surface area contributed by atoms with Crippen molar-refractivity contribution in [2.75, 3.05) is 13.1 Å². The molecule has 1 heterocycles. The molecule has 1 aromatic carbocycles.